The lowest BCUT2D eigenvalue weighted by atomic mass is 10.0. The van der Waals surface area contributed by atoms with Crippen molar-refractivity contribution in [2.75, 3.05) is 33.3 Å². The Kier molecular flexibility index (Phi) is 5.22. The molecular weight excluding hydrogens is 204 g/mol. The van der Waals surface area contributed by atoms with Crippen LogP contribution in [0.25, 0.3) is 0 Å². The van der Waals surface area contributed by atoms with Crippen LogP contribution in [0.15, 0.2) is 0 Å². The summed E-state index contributed by atoms with van der Waals surface area (Å²) in [5.74, 6) is 1.30. The molecule has 3 unspecified atom stereocenters. The monoisotopic (exact) mass is 228 g/mol. The predicted octanol–water partition coefficient (Wildman–Crippen LogP) is 0.725. The van der Waals surface area contributed by atoms with Gasteiger partial charge in [-0.1, -0.05) is 13.8 Å². The topological polar surface area (TPSA) is 41.6 Å². The van der Waals surface area contributed by atoms with E-state index in [1.165, 1.54) is 0 Å². The van der Waals surface area contributed by atoms with Crippen LogP contribution < -0.4 is 5.32 Å². The Labute approximate surface area is 98.3 Å². The van der Waals surface area contributed by atoms with Crippen LogP contribution >= 0.6 is 0 Å². The van der Waals surface area contributed by atoms with Crippen LogP contribution in [0.5, 0.6) is 0 Å². The number of carbonyl (C=O) groups is 1. The zero-order valence-corrected chi connectivity index (χ0v) is 10.8. The van der Waals surface area contributed by atoms with E-state index in [9.17, 15) is 4.79 Å². The number of ether oxygens (including phenoxy) is 1. The Morgan fingerprint density at radius 2 is 2.00 bits per heavy atom. The minimum atomic E-state index is -0.197. The van der Waals surface area contributed by atoms with Crippen molar-refractivity contribution in [1.82, 2.24) is 10.2 Å². The molecule has 0 aromatic carbocycles. The number of nitrogens with one attached hydrogen (secondary N) is 1. The summed E-state index contributed by atoms with van der Waals surface area (Å²) < 4.78 is 5.03. The van der Waals surface area contributed by atoms with Gasteiger partial charge in [0.05, 0.1) is 6.61 Å². The molecule has 3 atom stereocenters. The van der Waals surface area contributed by atoms with Gasteiger partial charge in [0.1, 0.15) is 6.04 Å². The van der Waals surface area contributed by atoms with E-state index >= 15 is 0 Å². The first-order valence-corrected chi connectivity index (χ1v) is 6.14. The van der Waals surface area contributed by atoms with E-state index in [4.69, 9.17) is 4.74 Å². The van der Waals surface area contributed by atoms with E-state index in [2.05, 4.69) is 24.1 Å². The van der Waals surface area contributed by atoms with Gasteiger partial charge in [-0.3, -0.25) is 4.79 Å². The van der Waals surface area contributed by atoms with Crippen LogP contribution in [0.2, 0.25) is 0 Å². The summed E-state index contributed by atoms with van der Waals surface area (Å²) in [5, 5.41) is 3.03. The molecule has 0 aromatic heterocycles. The molecule has 0 saturated carbocycles. The van der Waals surface area contributed by atoms with Crippen LogP contribution in [0.4, 0.5) is 0 Å². The fraction of sp³-hybridized carbons (Fsp3) is 0.917. The minimum absolute atomic E-state index is 0.141. The van der Waals surface area contributed by atoms with Crippen LogP contribution in [-0.2, 0) is 9.53 Å². The van der Waals surface area contributed by atoms with Gasteiger partial charge in [-0.25, -0.2) is 0 Å². The highest BCUT2D eigenvalue weighted by molar-refractivity contribution is 5.76. The molecule has 1 aliphatic rings. The van der Waals surface area contributed by atoms with E-state index in [0.717, 1.165) is 31.5 Å². The van der Waals surface area contributed by atoms with E-state index < -0.39 is 0 Å². The molecule has 0 amide bonds. The molecule has 4 nitrogen and oxygen atoms in total. The largest absolute Gasteiger partial charge is 0.465 e. The Morgan fingerprint density at radius 3 is 2.44 bits per heavy atom. The van der Waals surface area contributed by atoms with Gasteiger partial charge in [0.25, 0.3) is 0 Å². The van der Waals surface area contributed by atoms with Gasteiger partial charge < -0.3 is 15.0 Å². The van der Waals surface area contributed by atoms with E-state index in [0.29, 0.717) is 6.61 Å². The molecule has 1 heterocycles. The number of likely N-dealkylation sites (N-methyl/N-ethyl adjacent to an activating group) is 1. The van der Waals surface area contributed by atoms with Gasteiger partial charge in [-0.15, -0.1) is 0 Å². The summed E-state index contributed by atoms with van der Waals surface area (Å²) in [6.07, 6.45) is 0. The van der Waals surface area contributed by atoms with Gasteiger partial charge in [0, 0.05) is 19.6 Å². The summed E-state index contributed by atoms with van der Waals surface area (Å²) in [5.41, 5.74) is 0. The molecule has 16 heavy (non-hydrogen) atoms. The molecule has 0 bridgehead atoms. The zero-order chi connectivity index (χ0) is 12.1. The predicted molar refractivity (Wildman–Crippen MR) is 64.2 cm³/mol. The number of esters is 1. The second-order valence-corrected chi connectivity index (χ2v) is 4.77. The smallest absolute Gasteiger partial charge is 0.324 e. The first-order valence-electron chi connectivity index (χ1n) is 6.14. The van der Waals surface area contributed by atoms with E-state index in [1.807, 2.05) is 14.0 Å². The molecule has 1 aliphatic heterocycles. The molecular formula is C12H24N2O2. The van der Waals surface area contributed by atoms with Gasteiger partial charge in [0.2, 0.25) is 0 Å². The molecule has 1 N–H and O–H groups in total. The van der Waals surface area contributed by atoms with Crippen LogP contribution in [0.3, 0.4) is 0 Å². The molecule has 1 fully saturated rings. The molecule has 94 valence electrons. The third kappa shape index (κ3) is 3.46. The maximum absolute atomic E-state index is 11.6. The quantitative estimate of drug-likeness (QED) is 0.704. The lowest BCUT2D eigenvalue weighted by Crippen LogP contribution is -2.45. The minimum Gasteiger partial charge on any atom is -0.465 e. The number of rotatable bonds is 5. The van der Waals surface area contributed by atoms with Gasteiger partial charge in [0.15, 0.2) is 0 Å². The summed E-state index contributed by atoms with van der Waals surface area (Å²) >= 11 is 0. The van der Waals surface area contributed by atoms with E-state index in [1.54, 1.807) is 0 Å². The molecule has 1 saturated heterocycles. The van der Waals surface area contributed by atoms with Crippen LogP contribution in [-0.4, -0.2) is 50.2 Å². The summed E-state index contributed by atoms with van der Waals surface area (Å²) in [7, 11) is 1.81. The second kappa shape index (κ2) is 6.21. The van der Waals surface area contributed by atoms with Gasteiger partial charge in [-0.2, -0.15) is 0 Å². The second-order valence-electron chi connectivity index (χ2n) is 4.77. The fourth-order valence-electron chi connectivity index (χ4n) is 2.18. The lowest BCUT2D eigenvalue weighted by molar-refractivity contribution is -0.146. The van der Waals surface area contributed by atoms with Crippen molar-refractivity contribution in [2.45, 2.75) is 26.8 Å². The van der Waals surface area contributed by atoms with Crippen molar-refractivity contribution in [2.24, 2.45) is 11.8 Å². The molecule has 0 aromatic rings. The summed E-state index contributed by atoms with van der Waals surface area (Å²) in [6.45, 7) is 9.74. The SMILES string of the molecule is CCOC(=O)C(CN1CC(C)C(C)C1)NC. The third-order valence-electron chi connectivity index (χ3n) is 3.42. The molecule has 4 heteroatoms. The van der Waals surface area contributed by atoms with Crippen molar-refractivity contribution in [3.05, 3.63) is 0 Å². The summed E-state index contributed by atoms with van der Waals surface area (Å²) in [4.78, 5) is 14.0. The van der Waals surface area contributed by atoms with E-state index in [-0.39, 0.29) is 12.0 Å². The molecule has 0 radical (unpaired) electrons. The maximum atomic E-state index is 11.6. The number of likely N-dealkylation sites (tertiary alicyclic amines) is 1. The van der Waals surface area contributed by atoms with Crippen molar-refractivity contribution in [3.63, 3.8) is 0 Å². The molecule has 0 aliphatic carbocycles. The Balaban J connectivity index is 2.42. The molecule has 1 rings (SSSR count). The first kappa shape index (κ1) is 13.5. The van der Waals surface area contributed by atoms with Crippen LogP contribution in [0.1, 0.15) is 20.8 Å². The normalized spacial score (nSPS) is 28.0. The number of carbonyl (C=O) groups excluding carboxylic acids is 1. The van der Waals surface area contributed by atoms with Crippen molar-refractivity contribution >= 4 is 5.97 Å². The Hall–Kier alpha value is -0.610. The maximum Gasteiger partial charge on any atom is 0.324 e. The highest BCUT2D eigenvalue weighted by Crippen LogP contribution is 2.21. The fourth-order valence-corrected chi connectivity index (χ4v) is 2.18. The highest BCUT2D eigenvalue weighted by atomic mass is 16.5. The standard InChI is InChI=1S/C12H24N2O2/c1-5-16-12(15)11(13-4)8-14-6-9(2)10(3)7-14/h9-11,13H,5-8H2,1-4H3. The Morgan fingerprint density at radius 1 is 1.44 bits per heavy atom. The average molecular weight is 228 g/mol. The van der Waals surface area contributed by atoms with Crippen molar-refractivity contribution in [1.29, 1.82) is 0 Å². The number of nitrogens with zero attached hydrogens (tertiary/aromatic N) is 1. The Bertz CT molecular complexity index is 223. The average Bonchev–Trinajstić information content (AvgIpc) is 2.55. The third-order valence-corrected chi connectivity index (χ3v) is 3.42. The lowest BCUT2D eigenvalue weighted by Gasteiger charge is -2.21. The summed E-state index contributed by atoms with van der Waals surface area (Å²) in [6, 6.07) is -0.197. The first-order chi connectivity index (χ1) is 7.58. The zero-order valence-electron chi connectivity index (χ0n) is 10.8. The number of hydrogen-bond donors (Lipinski definition) is 1. The van der Waals surface area contributed by atoms with Gasteiger partial charge in [-0.05, 0) is 25.8 Å². The van der Waals surface area contributed by atoms with Crippen LogP contribution in [0, 0.1) is 11.8 Å². The van der Waals surface area contributed by atoms with Crippen molar-refractivity contribution in [3.8, 4) is 0 Å². The highest BCUT2D eigenvalue weighted by Gasteiger charge is 2.29. The van der Waals surface area contributed by atoms with Crippen molar-refractivity contribution < 1.29 is 9.53 Å². The molecule has 0 spiro atoms. The van der Waals surface area contributed by atoms with Gasteiger partial charge >= 0.3 is 5.97 Å². The number of hydrogen-bond acceptors (Lipinski definition) is 4.